The summed E-state index contributed by atoms with van der Waals surface area (Å²) >= 11 is 5.71. The largest absolute Gasteiger partial charge is 0.374 e. The molecule has 2 atom stereocenters. The first kappa shape index (κ1) is 15.1. The molecular formula is C15H20ClFN2O. The fourth-order valence-corrected chi connectivity index (χ4v) is 2.99. The molecule has 0 saturated carbocycles. The lowest BCUT2D eigenvalue weighted by Gasteiger charge is -2.39. The lowest BCUT2D eigenvalue weighted by molar-refractivity contribution is -0.135. The highest BCUT2D eigenvalue weighted by Gasteiger charge is 2.28. The maximum absolute atomic E-state index is 13.7. The lowest BCUT2D eigenvalue weighted by atomic mass is 9.97. The zero-order valence-electron chi connectivity index (χ0n) is 11.8. The van der Waals surface area contributed by atoms with Crippen LogP contribution in [0.1, 0.15) is 33.1 Å². The molecule has 0 radical (unpaired) electrons. The van der Waals surface area contributed by atoms with Crippen LogP contribution in [0.2, 0.25) is 5.02 Å². The Hall–Kier alpha value is -1.29. The van der Waals surface area contributed by atoms with Crippen LogP contribution >= 0.6 is 11.6 Å². The summed E-state index contributed by atoms with van der Waals surface area (Å²) < 4.78 is 13.7. The standard InChI is InChI=1S/C15H20ClFN2O/c1-10-5-3-6-11(2)19(10)14(20)9-18-13-8-4-7-12(16)15(13)17/h4,7-8,10-11,18H,3,5-6,9H2,1-2H3. The number of carbonyl (C=O) groups excluding carboxylic acids is 1. The van der Waals surface area contributed by atoms with Crippen LogP contribution in [0.25, 0.3) is 0 Å². The van der Waals surface area contributed by atoms with Crippen LogP contribution in [0.5, 0.6) is 0 Å². The summed E-state index contributed by atoms with van der Waals surface area (Å²) in [5.74, 6) is -0.509. The van der Waals surface area contributed by atoms with Gasteiger partial charge in [-0.2, -0.15) is 0 Å². The SMILES string of the molecule is CC1CCCC(C)N1C(=O)CNc1cccc(Cl)c1F. The van der Waals surface area contributed by atoms with Crippen molar-refractivity contribution in [2.45, 2.75) is 45.2 Å². The van der Waals surface area contributed by atoms with E-state index in [0.717, 1.165) is 19.3 Å². The van der Waals surface area contributed by atoms with E-state index >= 15 is 0 Å². The average Bonchev–Trinajstić information content (AvgIpc) is 2.40. The zero-order valence-corrected chi connectivity index (χ0v) is 12.6. The van der Waals surface area contributed by atoms with Gasteiger partial charge in [0.05, 0.1) is 17.3 Å². The number of piperidine rings is 1. The number of nitrogens with zero attached hydrogens (tertiary/aromatic N) is 1. The van der Waals surface area contributed by atoms with Crippen molar-refractivity contribution in [2.24, 2.45) is 0 Å². The van der Waals surface area contributed by atoms with E-state index in [1.54, 1.807) is 12.1 Å². The molecule has 2 unspecified atom stereocenters. The molecule has 1 heterocycles. The number of anilines is 1. The van der Waals surface area contributed by atoms with Gasteiger partial charge in [0.2, 0.25) is 5.91 Å². The van der Waals surface area contributed by atoms with E-state index in [0.29, 0.717) is 0 Å². The normalized spacial score (nSPS) is 22.7. The van der Waals surface area contributed by atoms with Gasteiger partial charge >= 0.3 is 0 Å². The summed E-state index contributed by atoms with van der Waals surface area (Å²) in [5, 5.41) is 2.90. The van der Waals surface area contributed by atoms with Crippen LogP contribution in [-0.2, 0) is 4.79 Å². The minimum absolute atomic E-state index is 0.00377. The minimum atomic E-state index is -0.512. The number of amides is 1. The van der Waals surface area contributed by atoms with Gasteiger partial charge in [-0.1, -0.05) is 17.7 Å². The molecule has 1 N–H and O–H groups in total. The van der Waals surface area contributed by atoms with Crippen molar-refractivity contribution in [3.63, 3.8) is 0 Å². The molecule has 110 valence electrons. The molecule has 1 fully saturated rings. The van der Waals surface area contributed by atoms with E-state index in [4.69, 9.17) is 11.6 Å². The Kier molecular flexibility index (Phi) is 4.86. The van der Waals surface area contributed by atoms with Crippen molar-refractivity contribution >= 4 is 23.2 Å². The molecule has 2 rings (SSSR count). The smallest absolute Gasteiger partial charge is 0.242 e. The predicted octanol–water partition coefficient (Wildman–Crippen LogP) is 3.68. The number of rotatable bonds is 3. The summed E-state index contributed by atoms with van der Waals surface area (Å²) in [7, 11) is 0. The monoisotopic (exact) mass is 298 g/mol. The number of nitrogens with one attached hydrogen (secondary N) is 1. The first-order chi connectivity index (χ1) is 9.50. The number of carbonyl (C=O) groups is 1. The summed E-state index contributed by atoms with van der Waals surface area (Å²) in [6.45, 7) is 4.22. The number of halogens is 2. The second kappa shape index (κ2) is 6.44. The Morgan fingerprint density at radius 1 is 1.40 bits per heavy atom. The van der Waals surface area contributed by atoms with Gasteiger partial charge in [-0.05, 0) is 45.2 Å². The van der Waals surface area contributed by atoms with Gasteiger partial charge in [-0.15, -0.1) is 0 Å². The van der Waals surface area contributed by atoms with Crippen molar-refractivity contribution in [1.82, 2.24) is 4.90 Å². The Morgan fingerprint density at radius 3 is 2.70 bits per heavy atom. The van der Waals surface area contributed by atoms with Crippen molar-refractivity contribution in [3.8, 4) is 0 Å². The van der Waals surface area contributed by atoms with Crippen LogP contribution in [0.4, 0.5) is 10.1 Å². The Morgan fingerprint density at radius 2 is 2.05 bits per heavy atom. The van der Waals surface area contributed by atoms with Crippen LogP contribution in [0.3, 0.4) is 0 Å². The molecule has 0 spiro atoms. The fourth-order valence-electron chi connectivity index (χ4n) is 2.82. The molecule has 0 bridgehead atoms. The molecule has 1 aromatic carbocycles. The quantitative estimate of drug-likeness (QED) is 0.923. The second-order valence-electron chi connectivity index (χ2n) is 5.38. The van der Waals surface area contributed by atoms with Gasteiger partial charge in [0, 0.05) is 12.1 Å². The Labute approximate surface area is 124 Å². The third-order valence-corrected chi connectivity index (χ3v) is 4.16. The molecule has 3 nitrogen and oxygen atoms in total. The topological polar surface area (TPSA) is 32.3 Å². The Balaban J connectivity index is 1.99. The molecule has 1 saturated heterocycles. The maximum Gasteiger partial charge on any atom is 0.242 e. The first-order valence-corrected chi connectivity index (χ1v) is 7.37. The van der Waals surface area contributed by atoms with Crippen LogP contribution in [0.15, 0.2) is 18.2 Å². The van der Waals surface area contributed by atoms with Crippen molar-refractivity contribution in [2.75, 3.05) is 11.9 Å². The number of hydrogen-bond donors (Lipinski definition) is 1. The van der Waals surface area contributed by atoms with E-state index in [1.807, 2.05) is 4.90 Å². The lowest BCUT2D eigenvalue weighted by Crippen LogP contribution is -2.49. The van der Waals surface area contributed by atoms with Gasteiger partial charge in [0.1, 0.15) is 0 Å². The van der Waals surface area contributed by atoms with Crippen LogP contribution in [-0.4, -0.2) is 29.4 Å². The van der Waals surface area contributed by atoms with E-state index in [2.05, 4.69) is 19.2 Å². The molecule has 1 amide bonds. The van der Waals surface area contributed by atoms with Gasteiger partial charge in [-0.3, -0.25) is 4.79 Å². The highest BCUT2D eigenvalue weighted by Crippen LogP contribution is 2.24. The molecule has 1 aliphatic rings. The summed E-state index contributed by atoms with van der Waals surface area (Å²) in [6, 6.07) is 5.22. The number of hydrogen-bond acceptors (Lipinski definition) is 2. The predicted molar refractivity (Wildman–Crippen MR) is 79.5 cm³/mol. The molecular weight excluding hydrogens is 279 g/mol. The minimum Gasteiger partial charge on any atom is -0.374 e. The highest BCUT2D eigenvalue weighted by atomic mass is 35.5. The van der Waals surface area contributed by atoms with E-state index in [-0.39, 0.29) is 35.2 Å². The van der Waals surface area contributed by atoms with Gasteiger partial charge < -0.3 is 10.2 Å². The molecule has 0 aromatic heterocycles. The number of benzene rings is 1. The molecule has 1 aliphatic heterocycles. The molecule has 0 aliphatic carbocycles. The first-order valence-electron chi connectivity index (χ1n) is 6.99. The van der Waals surface area contributed by atoms with E-state index in [9.17, 15) is 9.18 Å². The Bertz CT molecular complexity index is 485. The third kappa shape index (κ3) is 3.23. The van der Waals surface area contributed by atoms with Crippen molar-refractivity contribution in [3.05, 3.63) is 29.0 Å². The van der Waals surface area contributed by atoms with Crippen molar-refractivity contribution in [1.29, 1.82) is 0 Å². The van der Waals surface area contributed by atoms with E-state index < -0.39 is 5.82 Å². The zero-order chi connectivity index (χ0) is 14.7. The summed E-state index contributed by atoms with van der Waals surface area (Å²) in [6.07, 6.45) is 3.21. The molecule has 5 heteroatoms. The average molecular weight is 299 g/mol. The van der Waals surface area contributed by atoms with Crippen LogP contribution in [0, 0.1) is 5.82 Å². The van der Waals surface area contributed by atoms with Gasteiger partial charge in [0.15, 0.2) is 5.82 Å². The highest BCUT2D eigenvalue weighted by molar-refractivity contribution is 6.31. The fraction of sp³-hybridized carbons (Fsp3) is 0.533. The molecule has 20 heavy (non-hydrogen) atoms. The van der Waals surface area contributed by atoms with Gasteiger partial charge in [-0.25, -0.2) is 4.39 Å². The van der Waals surface area contributed by atoms with Crippen molar-refractivity contribution < 1.29 is 9.18 Å². The van der Waals surface area contributed by atoms with Gasteiger partial charge in [0.25, 0.3) is 0 Å². The molecule has 1 aromatic rings. The third-order valence-electron chi connectivity index (χ3n) is 3.86. The number of likely N-dealkylation sites (tertiary alicyclic amines) is 1. The van der Waals surface area contributed by atoms with E-state index in [1.165, 1.54) is 6.07 Å². The van der Waals surface area contributed by atoms with Crippen LogP contribution < -0.4 is 5.32 Å². The summed E-state index contributed by atoms with van der Waals surface area (Å²) in [4.78, 5) is 14.2. The maximum atomic E-state index is 13.7. The summed E-state index contributed by atoms with van der Waals surface area (Å²) in [5.41, 5.74) is 0.267. The second-order valence-corrected chi connectivity index (χ2v) is 5.79.